The Bertz CT molecular complexity index is 155. The van der Waals surface area contributed by atoms with Gasteiger partial charge in [0.05, 0.1) is 12.7 Å². The van der Waals surface area contributed by atoms with Crippen LogP contribution in [0.15, 0.2) is 0 Å². The molecular formula is C14H29NO. The van der Waals surface area contributed by atoms with Gasteiger partial charge in [-0.3, -0.25) is 0 Å². The van der Waals surface area contributed by atoms with Gasteiger partial charge in [-0.2, -0.15) is 0 Å². The minimum Gasteiger partial charge on any atom is -0.377 e. The molecule has 0 aromatic rings. The van der Waals surface area contributed by atoms with Crippen LogP contribution >= 0.6 is 0 Å². The minimum absolute atomic E-state index is 0.552. The summed E-state index contributed by atoms with van der Waals surface area (Å²) in [6.45, 7) is 6.51. The van der Waals surface area contributed by atoms with Gasteiger partial charge < -0.3 is 10.1 Å². The van der Waals surface area contributed by atoms with Crippen molar-refractivity contribution in [3.05, 3.63) is 0 Å². The van der Waals surface area contributed by atoms with E-state index in [2.05, 4.69) is 19.2 Å². The van der Waals surface area contributed by atoms with Gasteiger partial charge in [0.25, 0.3) is 0 Å². The van der Waals surface area contributed by atoms with Crippen molar-refractivity contribution in [2.24, 2.45) is 0 Å². The molecule has 0 spiro atoms. The summed E-state index contributed by atoms with van der Waals surface area (Å²) in [4.78, 5) is 0. The highest BCUT2D eigenvalue weighted by atomic mass is 16.5. The van der Waals surface area contributed by atoms with Crippen LogP contribution in [0.2, 0.25) is 0 Å². The summed E-state index contributed by atoms with van der Waals surface area (Å²) in [6.07, 6.45) is 11.0. The van der Waals surface area contributed by atoms with E-state index in [-0.39, 0.29) is 0 Å². The van der Waals surface area contributed by atoms with Gasteiger partial charge in [-0.15, -0.1) is 0 Å². The van der Waals surface area contributed by atoms with Gasteiger partial charge >= 0.3 is 0 Å². The maximum atomic E-state index is 6.03. The molecule has 1 atom stereocenters. The first-order chi connectivity index (χ1) is 7.86. The molecule has 1 fully saturated rings. The summed E-state index contributed by atoms with van der Waals surface area (Å²) in [5, 5.41) is 3.58. The first kappa shape index (κ1) is 14.0. The Morgan fingerprint density at radius 1 is 1.12 bits per heavy atom. The van der Waals surface area contributed by atoms with E-state index in [9.17, 15) is 0 Å². The molecule has 1 aliphatic carbocycles. The standard InChI is InChI=1S/C14H29NO/c1-3-8-13(15-11-4-2)12-16-14-9-6-5-7-10-14/h13-15H,3-12H2,1-2H3. The topological polar surface area (TPSA) is 21.3 Å². The van der Waals surface area contributed by atoms with E-state index in [1.165, 1.54) is 51.4 Å². The molecule has 0 radical (unpaired) electrons. The van der Waals surface area contributed by atoms with Gasteiger partial charge in [-0.25, -0.2) is 0 Å². The predicted molar refractivity (Wildman–Crippen MR) is 69.8 cm³/mol. The van der Waals surface area contributed by atoms with Crippen LogP contribution in [0.25, 0.3) is 0 Å². The first-order valence-corrected chi connectivity index (χ1v) is 7.21. The van der Waals surface area contributed by atoms with E-state index in [1.807, 2.05) is 0 Å². The monoisotopic (exact) mass is 227 g/mol. The van der Waals surface area contributed by atoms with E-state index < -0.39 is 0 Å². The third-order valence-corrected chi connectivity index (χ3v) is 3.41. The molecule has 0 bridgehead atoms. The Labute approximate surface area is 101 Å². The normalized spacial score (nSPS) is 19.9. The molecule has 1 saturated carbocycles. The van der Waals surface area contributed by atoms with Gasteiger partial charge in [0.2, 0.25) is 0 Å². The van der Waals surface area contributed by atoms with Crippen molar-refractivity contribution >= 4 is 0 Å². The maximum absolute atomic E-state index is 6.03. The van der Waals surface area contributed by atoms with Crippen LogP contribution in [-0.4, -0.2) is 25.3 Å². The second-order valence-electron chi connectivity index (χ2n) is 5.03. The van der Waals surface area contributed by atoms with Crippen molar-refractivity contribution in [2.75, 3.05) is 13.2 Å². The summed E-state index contributed by atoms with van der Waals surface area (Å²) in [6, 6.07) is 0.576. The van der Waals surface area contributed by atoms with Crippen LogP contribution in [0.3, 0.4) is 0 Å². The molecule has 0 amide bonds. The molecule has 0 aromatic heterocycles. The zero-order valence-electron chi connectivity index (χ0n) is 11.1. The largest absolute Gasteiger partial charge is 0.377 e. The summed E-state index contributed by atoms with van der Waals surface area (Å²) in [5.41, 5.74) is 0. The van der Waals surface area contributed by atoms with E-state index in [0.29, 0.717) is 12.1 Å². The molecule has 0 saturated heterocycles. The lowest BCUT2D eigenvalue weighted by Crippen LogP contribution is -2.35. The molecule has 16 heavy (non-hydrogen) atoms. The van der Waals surface area contributed by atoms with Gasteiger partial charge in [-0.1, -0.05) is 39.5 Å². The molecule has 0 heterocycles. The fourth-order valence-electron chi connectivity index (χ4n) is 2.43. The second-order valence-corrected chi connectivity index (χ2v) is 5.03. The molecule has 1 aliphatic rings. The summed E-state index contributed by atoms with van der Waals surface area (Å²) < 4.78 is 6.03. The SMILES string of the molecule is CCCNC(CCC)COC1CCCCC1. The quantitative estimate of drug-likeness (QED) is 0.685. The average Bonchev–Trinajstić information content (AvgIpc) is 2.34. The molecule has 1 rings (SSSR count). The number of hydrogen-bond acceptors (Lipinski definition) is 2. The lowest BCUT2D eigenvalue weighted by atomic mass is 9.98. The highest BCUT2D eigenvalue weighted by molar-refractivity contribution is 4.69. The fourth-order valence-corrected chi connectivity index (χ4v) is 2.43. The maximum Gasteiger partial charge on any atom is 0.0623 e. The van der Waals surface area contributed by atoms with Crippen LogP contribution in [0.1, 0.15) is 65.2 Å². The Hall–Kier alpha value is -0.0800. The van der Waals surface area contributed by atoms with E-state index in [4.69, 9.17) is 4.74 Å². The Balaban J connectivity index is 2.14. The van der Waals surface area contributed by atoms with Gasteiger partial charge in [0.15, 0.2) is 0 Å². The van der Waals surface area contributed by atoms with Crippen LogP contribution < -0.4 is 5.32 Å². The Kier molecular flexibility index (Phi) is 7.87. The Morgan fingerprint density at radius 2 is 1.88 bits per heavy atom. The number of nitrogens with one attached hydrogen (secondary N) is 1. The summed E-state index contributed by atoms with van der Waals surface area (Å²) in [7, 11) is 0. The van der Waals surface area contributed by atoms with Crippen molar-refractivity contribution < 1.29 is 4.74 Å². The molecule has 96 valence electrons. The van der Waals surface area contributed by atoms with Crippen LogP contribution in [0, 0.1) is 0 Å². The number of hydrogen-bond donors (Lipinski definition) is 1. The molecule has 2 heteroatoms. The fraction of sp³-hybridized carbons (Fsp3) is 1.00. The molecule has 0 aromatic carbocycles. The molecular weight excluding hydrogens is 198 g/mol. The van der Waals surface area contributed by atoms with E-state index >= 15 is 0 Å². The average molecular weight is 227 g/mol. The lowest BCUT2D eigenvalue weighted by Gasteiger charge is -2.25. The van der Waals surface area contributed by atoms with Crippen molar-refractivity contribution in [2.45, 2.75) is 77.4 Å². The molecule has 0 aliphatic heterocycles. The van der Waals surface area contributed by atoms with E-state index in [1.54, 1.807) is 0 Å². The van der Waals surface area contributed by atoms with Crippen molar-refractivity contribution in [3.8, 4) is 0 Å². The number of ether oxygens (including phenoxy) is 1. The summed E-state index contributed by atoms with van der Waals surface area (Å²) >= 11 is 0. The van der Waals surface area contributed by atoms with Crippen LogP contribution in [-0.2, 0) is 4.74 Å². The van der Waals surface area contributed by atoms with Crippen LogP contribution in [0.4, 0.5) is 0 Å². The van der Waals surface area contributed by atoms with Crippen molar-refractivity contribution in [1.29, 1.82) is 0 Å². The Morgan fingerprint density at radius 3 is 2.50 bits per heavy atom. The molecule has 1 N–H and O–H groups in total. The van der Waals surface area contributed by atoms with Crippen LogP contribution in [0.5, 0.6) is 0 Å². The molecule has 1 unspecified atom stereocenters. The van der Waals surface area contributed by atoms with Gasteiger partial charge in [-0.05, 0) is 32.2 Å². The van der Waals surface area contributed by atoms with Crippen molar-refractivity contribution in [3.63, 3.8) is 0 Å². The lowest BCUT2D eigenvalue weighted by molar-refractivity contribution is 0.0146. The first-order valence-electron chi connectivity index (χ1n) is 7.21. The number of rotatable bonds is 8. The second kappa shape index (κ2) is 9.00. The summed E-state index contributed by atoms with van der Waals surface area (Å²) in [5.74, 6) is 0. The zero-order chi connectivity index (χ0) is 11.6. The predicted octanol–water partition coefficient (Wildman–Crippen LogP) is 3.50. The van der Waals surface area contributed by atoms with E-state index in [0.717, 1.165) is 13.2 Å². The van der Waals surface area contributed by atoms with Crippen molar-refractivity contribution in [1.82, 2.24) is 5.32 Å². The zero-order valence-corrected chi connectivity index (χ0v) is 11.1. The van der Waals surface area contributed by atoms with Gasteiger partial charge in [0, 0.05) is 6.04 Å². The molecule has 2 nitrogen and oxygen atoms in total. The highest BCUT2D eigenvalue weighted by Crippen LogP contribution is 2.20. The third-order valence-electron chi connectivity index (χ3n) is 3.41. The minimum atomic E-state index is 0.552. The van der Waals surface area contributed by atoms with Gasteiger partial charge in [0.1, 0.15) is 0 Å². The highest BCUT2D eigenvalue weighted by Gasteiger charge is 2.15. The third kappa shape index (κ3) is 5.86. The smallest absolute Gasteiger partial charge is 0.0623 e.